The average molecular weight is 429 g/mol. The lowest BCUT2D eigenvalue weighted by Crippen LogP contribution is -2.02. The van der Waals surface area contributed by atoms with E-state index in [1.807, 2.05) is 31.2 Å². The second-order valence-electron chi connectivity index (χ2n) is 6.03. The third kappa shape index (κ3) is 3.87. The molecule has 0 aliphatic rings. The third-order valence-corrected chi connectivity index (χ3v) is 5.11. The first-order valence-corrected chi connectivity index (χ1v) is 9.75. The first-order chi connectivity index (χ1) is 14.1. The molecule has 10 heteroatoms. The van der Waals surface area contributed by atoms with Crippen LogP contribution in [0.15, 0.2) is 42.5 Å². The molecule has 4 aromatic rings. The van der Waals surface area contributed by atoms with E-state index in [0.29, 0.717) is 33.1 Å². The van der Waals surface area contributed by atoms with E-state index in [1.165, 1.54) is 11.5 Å². The molecule has 0 unspecified atom stereocenters. The van der Waals surface area contributed by atoms with Crippen LogP contribution in [0.4, 0.5) is 10.8 Å². The first kappa shape index (κ1) is 19.2. The Labute approximate surface area is 176 Å². The van der Waals surface area contributed by atoms with E-state index in [2.05, 4.69) is 25.0 Å². The van der Waals surface area contributed by atoms with Gasteiger partial charge in [0.25, 0.3) is 0 Å². The summed E-state index contributed by atoms with van der Waals surface area (Å²) in [6.07, 6.45) is 0. The molecule has 0 bridgehead atoms. The number of anilines is 2. The second kappa shape index (κ2) is 8.06. The van der Waals surface area contributed by atoms with Crippen molar-refractivity contribution >= 4 is 34.0 Å². The number of benzene rings is 2. The normalized spacial score (nSPS) is 10.8. The molecule has 1 N–H and O–H groups in total. The van der Waals surface area contributed by atoms with Gasteiger partial charge in [0, 0.05) is 22.2 Å². The Kier molecular flexibility index (Phi) is 5.32. The van der Waals surface area contributed by atoms with Gasteiger partial charge in [0.05, 0.1) is 19.9 Å². The van der Waals surface area contributed by atoms with Crippen molar-refractivity contribution in [1.29, 1.82) is 0 Å². The summed E-state index contributed by atoms with van der Waals surface area (Å²) < 4.78 is 16.7. The van der Waals surface area contributed by atoms with Gasteiger partial charge in [-0.15, -0.1) is 5.10 Å². The summed E-state index contributed by atoms with van der Waals surface area (Å²) in [5.74, 6) is 1.93. The summed E-state index contributed by atoms with van der Waals surface area (Å²) in [4.78, 5) is 4.54. The van der Waals surface area contributed by atoms with Crippen LogP contribution >= 0.6 is 23.1 Å². The number of nitrogens with zero attached hydrogens (tertiary/aromatic N) is 5. The van der Waals surface area contributed by atoms with Crippen molar-refractivity contribution in [3.8, 4) is 28.7 Å². The summed E-state index contributed by atoms with van der Waals surface area (Å²) in [5, 5.41) is 13.0. The summed E-state index contributed by atoms with van der Waals surface area (Å²) in [6, 6.07) is 12.9. The van der Waals surface area contributed by atoms with Crippen molar-refractivity contribution in [2.45, 2.75) is 6.92 Å². The third-order valence-electron chi connectivity index (χ3n) is 4.24. The molecule has 4 rings (SSSR count). The van der Waals surface area contributed by atoms with Crippen LogP contribution in [-0.2, 0) is 0 Å². The van der Waals surface area contributed by atoms with E-state index < -0.39 is 0 Å². The van der Waals surface area contributed by atoms with Crippen molar-refractivity contribution < 1.29 is 9.47 Å². The lowest BCUT2D eigenvalue weighted by molar-refractivity contribution is 0.411. The maximum absolute atomic E-state index is 6.14. The quantitative estimate of drug-likeness (QED) is 0.483. The van der Waals surface area contributed by atoms with Crippen molar-refractivity contribution in [1.82, 2.24) is 24.4 Å². The molecule has 0 radical (unpaired) electrons. The molecule has 0 atom stereocenters. The van der Waals surface area contributed by atoms with Gasteiger partial charge in [0.2, 0.25) is 5.13 Å². The molecule has 0 aliphatic heterocycles. The summed E-state index contributed by atoms with van der Waals surface area (Å²) in [7, 11) is 3.23. The maximum atomic E-state index is 6.14. The van der Waals surface area contributed by atoms with Gasteiger partial charge in [-0.25, -0.2) is 4.68 Å². The number of hydrogen-bond acceptors (Lipinski definition) is 8. The fourth-order valence-electron chi connectivity index (χ4n) is 2.76. The van der Waals surface area contributed by atoms with E-state index >= 15 is 0 Å². The summed E-state index contributed by atoms with van der Waals surface area (Å²) >= 11 is 7.39. The predicted molar refractivity (Wildman–Crippen MR) is 113 cm³/mol. The Morgan fingerprint density at radius 2 is 1.86 bits per heavy atom. The molecule has 0 amide bonds. The maximum Gasteiger partial charge on any atom is 0.207 e. The number of halogens is 1. The van der Waals surface area contributed by atoms with E-state index in [9.17, 15) is 0 Å². The van der Waals surface area contributed by atoms with E-state index in [4.69, 9.17) is 21.1 Å². The molecular weight excluding hydrogens is 412 g/mol. The average Bonchev–Trinajstić information content (AvgIpc) is 3.34. The Hall–Kier alpha value is -3.17. The number of methoxy groups -OCH3 is 2. The number of ether oxygens (including phenoxy) is 2. The lowest BCUT2D eigenvalue weighted by Gasteiger charge is -2.09. The van der Waals surface area contributed by atoms with Gasteiger partial charge >= 0.3 is 0 Å². The lowest BCUT2D eigenvalue weighted by atomic mass is 10.2. The second-order valence-corrected chi connectivity index (χ2v) is 7.22. The highest BCUT2D eigenvalue weighted by molar-refractivity contribution is 7.09. The molecule has 2 heterocycles. The minimum Gasteiger partial charge on any atom is -0.497 e. The zero-order chi connectivity index (χ0) is 20.4. The monoisotopic (exact) mass is 428 g/mol. The number of hydrogen-bond donors (Lipinski definition) is 1. The standard InChI is InChI=1S/C19H17ClN6O2S/c1-11-17(23-25-26(11)15-10-12(20)4-9-16(15)28-3)18-22-19(29-24-18)21-13-5-7-14(27-2)8-6-13/h4-10H,1-3H3,(H,21,22,24). The van der Waals surface area contributed by atoms with Gasteiger partial charge in [0.1, 0.15) is 17.2 Å². The van der Waals surface area contributed by atoms with Crippen LogP contribution in [0.25, 0.3) is 17.2 Å². The number of rotatable bonds is 6. The number of nitrogens with one attached hydrogen (secondary N) is 1. The Morgan fingerprint density at radius 1 is 1.07 bits per heavy atom. The van der Waals surface area contributed by atoms with Gasteiger partial charge in [-0.2, -0.15) is 9.36 Å². The molecule has 0 saturated carbocycles. The highest BCUT2D eigenvalue weighted by Gasteiger charge is 2.19. The topological polar surface area (TPSA) is 87.0 Å². The Morgan fingerprint density at radius 3 is 2.59 bits per heavy atom. The van der Waals surface area contributed by atoms with Crippen LogP contribution in [0.1, 0.15) is 5.69 Å². The van der Waals surface area contributed by atoms with Crippen LogP contribution in [-0.4, -0.2) is 38.6 Å². The van der Waals surface area contributed by atoms with Crippen LogP contribution in [0, 0.1) is 6.92 Å². The molecule has 148 valence electrons. The zero-order valence-corrected chi connectivity index (χ0v) is 17.5. The minimum atomic E-state index is 0.496. The summed E-state index contributed by atoms with van der Waals surface area (Å²) in [6.45, 7) is 1.90. The number of aromatic nitrogens is 5. The predicted octanol–water partition coefficient (Wildman–Crippen LogP) is 4.51. The summed E-state index contributed by atoms with van der Waals surface area (Å²) in [5.41, 5.74) is 2.95. The fourth-order valence-corrected chi connectivity index (χ4v) is 3.52. The molecule has 0 spiro atoms. The van der Waals surface area contributed by atoms with Crippen LogP contribution < -0.4 is 14.8 Å². The van der Waals surface area contributed by atoms with Crippen molar-refractivity contribution in [3.63, 3.8) is 0 Å². The van der Waals surface area contributed by atoms with Crippen LogP contribution in [0.2, 0.25) is 5.02 Å². The highest BCUT2D eigenvalue weighted by atomic mass is 35.5. The molecule has 29 heavy (non-hydrogen) atoms. The van der Waals surface area contributed by atoms with Crippen molar-refractivity contribution in [2.24, 2.45) is 0 Å². The molecule has 0 saturated heterocycles. The minimum absolute atomic E-state index is 0.496. The smallest absolute Gasteiger partial charge is 0.207 e. The van der Waals surface area contributed by atoms with Gasteiger partial charge < -0.3 is 14.8 Å². The SMILES string of the molecule is COc1ccc(Nc2nc(-c3nnn(-c4cc(Cl)ccc4OC)c3C)ns2)cc1. The van der Waals surface area contributed by atoms with E-state index in [-0.39, 0.29) is 0 Å². The van der Waals surface area contributed by atoms with Gasteiger partial charge in [-0.05, 0) is 49.4 Å². The Bertz CT molecular complexity index is 1140. The molecule has 8 nitrogen and oxygen atoms in total. The van der Waals surface area contributed by atoms with Crippen LogP contribution in [0.5, 0.6) is 11.5 Å². The van der Waals surface area contributed by atoms with Gasteiger partial charge in [-0.3, -0.25) is 0 Å². The molecular formula is C19H17ClN6O2S. The van der Waals surface area contributed by atoms with E-state index in [0.717, 1.165) is 17.1 Å². The zero-order valence-electron chi connectivity index (χ0n) is 15.9. The highest BCUT2D eigenvalue weighted by Crippen LogP contribution is 2.30. The molecule has 0 aliphatic carbocycles. The Balaban J connectivity index is 1.61. The van der Waals surface area contributed by atoms with Crippen LogP contribution in [0.3, 0.4) is 0 Å². The largest absolute Gasteiger partial charge is 0.497 e. The van der Waals surface area contributed by atoms with E-state index in [1.54, 1.807) is 37.1 Å². The van der Waals surface area contributed by atoms with Gasteiger partial charge in [-0.1, -0.05) is 16.8 Å². The molecule has 2 aromatic carbocycles. The molecule has 2 aromatic heterocycles. The van der Waals surface area contributed by atoms with Crippen molar-refractivity contribution in [2.75, 3.05) is 19.5 Å². The molecule has 0 fully saturated rings. The first-order valence-electron chi connectivity index (χ1n) is 8.60. The van der Waals surface area contributed by atoms with Gasteiger partial charge in [0.15, 0.2) is 11.5 Å². The van der Waals surface area contributed by atoms with Crippen molar-refractivity contribution in [3.05, 3.63) is 53.2 Å². The fraction of sp³-hybridized carbons (Fsp3) is 0.158.